The summed E-state index contributed by atoms with van der Waals surface area (Å²) in [7, 11) is 0. The number of hydrogen-bond donors (Lipinski definition) is 4. The minimum absolute atomic E-state index is 0.162. The van der Waals surface area contributed by atoms with E-state index < -0.39 is 5.92 Å². The molecule has 164 valence electrons. The first kappa shape index (κ1) is 22.1. The first-order valence-corrected chi connectivity index (χ1v) is 11.0. The van der Waals surface area contributed by atoms with Gasteiger partial charge in [-0.1, -0.05) is 41.4 Å². The molecule has 8 heteroatoms. The maximum atomic E-state index is 13.1. The number of benzene rings is 3. The second-order valence-electron chi connectivity index (χ2n) is 7.62. The van der Waals surface area contributed by atoms with Crippen LogP contribution in [0, 0.1) is 6.92 Å². The molecule has 0 aliphatic carbocycles. The molecular weight excluding hydrogens is 445 g/mol. The van der Waals surface area contributed by atoms with Crippen molar-refractivity contribution in [1.82, 2.24) is 10.2 Å². The molecule has 1 heterocycles. The normalized spacial score (nSPS) is 12.0. The van der Waals surface area contributed by atoms with Crippen molar-refractivity contribution < 1.29 is 4.79 Å². The maximum absolute atomic E-state index is 13.1. The molecule has 0 radical (unpaired) electrons. The second-order valence-corrected chi connectivity index (χ2v) is 8.43. The van der Waals surface area contributed by atoms with Crippen molar-refractivity contribution in [2.24, 2.45) is 5.73 Å². The summed E-state index contributed by atoms with van der Waals surface area (Å²) < 4.78 is 0. The van der Waals surface area contributed by atoms with Crippen LogP contribution < -0.4 is 16.4 Å². The molecule has 1 amide bonds. The number of nitrogens with two attached hydrogens (primary N) is 1. The summed E-state index contributed by atoms with van der Waals surface area (Å²) in [5.41, 5.74) is 10.2. The number of nitrogens with one attached hydrogen (secondary N) is 3. The third kappa shape index (κ3) is 4.88. The first-order valence-electron chi connectivity index (χ1n) is 10.2. The molecule has 0 spiro atoms. The minimum atomic E-state index is -0.445. The number of halogens is 2. The summed E-state index contributed by atoms with van der Waals surface area (Å²) in [5.74, 6) is 0.0780. The number of amides is 1. The molecule has 0 bridgehead atoms. The van der Waals surface area contributed by atoms with Crippen LogP contribution in [0.2, 0.25) is 10.0 Å². The summed E-state index contributed by atoms with van der Waals surface area (Å²) in [6.07, 6.45) is 0.484. The molecule has 4 aromatic rings. The van der Waals surface area contributed by atoms with E-state index >= 15 is 0 Å². The van der Waals surface area contributed by atoms with Gasteiger partial charge in [0, 0.05) is 16.8 Å². The Morgan fingerprint density at radius 3 is 2.66 bits per heavy atom. The standard InChI is InChI=1S/C24H23Cl2N5O/c1-14-3-2-4-16(11-14)28-23-19-13-17(6-8-22(19)30-31-23)29-24(32)18(9-10-27)15-5-7-20(25)21(26)12-15/h2-8,11-13,18H,9-10,27H2,1H3,(H,29,32)(H2,28,30,31). The summed E-state index contributed by atoms with van der Waals surface area (Å²) in [6.45, 7) is 2.40. The maximum Gasteiger partial charge on any atom is 0.231 e. The highest BCUT2D eigenvalue weighted by atomic mass is 35.5. The van der Waals surface area contributed by atoms with Gasteiger partial charge in [0.05, 0.1) is 21.5 Å². The summed E-state index contributed by atoms with van der Waals surface area (Å²) >= 11 is 12.2. The molecular formula is C24H23Cl2N5O. The zero-order valence-corrected chi connectivity index (χ0v) is 19.0. The number of aryl methyl sites for hydroxylation is 1. The van der Waals surface area contributed by atoms with Crippen molar-refractivity contribution in [3.05, 3.63) is 81.8 Å². The van der Waals surface area contributed by atoms with Gasteiger partial charge in [0.1, 0.15) is 0 Å². The number of nitrogens with zero attached hydrogens (tertiary/aromatic N) is 1. The molecule has 6 nitrogen and oxygen atoms in total. The van der Waals surface area contributed by atoms with Crippen LogP contribution in [-0.4, -0.2) is 22.6 Å². The number of rotatable bonds is 7. The van der Waals surface area contributed by atoms with Crippen LogP contribution >= 0.6 is 23.2 Å². The van der Waals surface area contributed by atoms with E-state index in [1.165, 1.54) is 0 Å². The van der Waals surface area contributed by atoms with Crippen molar-refractivity contribution in [2.45, 2.75) is 19.3 Å². The highest BCUT2D eigenvalue weighted by Crippen LogP contribution is 2.30. The number of fused-ring (bicyclic) bond motifs is 1. The van der Waals surface area contributed by atoms with Gasteiger partial charge in [-0.2, -0.15) is 5.10 Å². The van der Waals surface area contributed by atoms with Crippen molar-refractivity contribution in [3.8, 4) is 0 Å². The molecule has 0 aliphatic rings. The fourth-order valence-electron chi connectivity index (χ4n) is 3.62. The monoisotopic (exact) mass is 467 g/mol. The predicted octanol–water partition coefficient (Wildman–Crippen LogP) is 5.99. The van der Waals surface area contributed by atoms with Gasteiger partial charge in [0.15, 0.2) is 5.82 Å². The average molecular weight is 468 g/mol. The van der Waals surface area contributed by atoms with Crippen LogP contribution in [-0.2, 0) is 4.79 Å². The van der Waals surface area contributed by atoms with E-state index in [0.29, 0.717) is 34.5 Å². The number of hydrogen-bond acceptors (Lipinski definition) is 4. The van der Waals surface area contributed by atoms with Crippen LogP contribution in [0.25, 0.3) is 10.9 Å². The lowest BCUT2D eigenvalue weighted by Crippen LogP contribution is -2.23. The highest BCUT2D eigenvalue weighted by molar-refractivity contribution is 6.42. The van der Waals surface area contributed by atoms with Gasteiger partial charge in [-0.25, -0.2) is 0 Å². The largest absolute Gasteiger partial charge is 0.338 e. The number of carbonyl (C=O) groups is 1. The van der Waals surface area contributed by atoms with Crippen molar-refractivity contribution in [3.63, 3.8) is 0 Å². The zero-order valence-electron chi connectivity index (χ0n) is 17.5. The molecule has 3 aromatic carbocycles. The SMILES string of the molecule is Cc1cccc(Nc2n[nH]c3ccc(NC(=O)C(CCN)c4ccc(Cl)c(Cl)c4)cc23)c1. The van der Waals surface area contributed by atoms with E-state index in [1.807, 2.05) is 49.4 Å². The summed E-state index contributed by atoms with van der Waals surface area (Å²) in [5, 5.41) is 15.4. The van der Waals surface area contributed by atoms with Gasteiger partial charge in [0.2, 0.25) is 5.91 Å². The molecule has 1 aromatic heterocycles. The van der Waals surface area contributed by atoms with E-state index in [0.717, 1.165) is 27.7 Å². The van der Waals surface area contributed by atoms with Gasteiger partial charge in [0.25, 0.3) is 0 Å². The Labute approximate surface area is 196 Å². The molecule has 0 saturated heterocycles. The smallest absolute Gasteiger partial charge is 0.231 e. The van der Waals surface area contributed by atoms with Crippen molar-refractivity contribution >= 4 is 57.2 Å². The molecule has 0 aliphatic heterocycles. The predicted molar refractivity (Wildman–Crippen MR) is 132 cm³/mol. The minimum Gasteiger partial charge on any atom is -0.338 e. The van der Waals surface area contributed by atoms with E-state index in [1.54, 1.807) is 18.2 Å². The molecule has 0 fully saturated rings. The van der Waals surface area contributed by atoms with Gasteiger partial charge in [-0.3, -0.25) is 9.89 Å². The molecule has 5 N–H and O–H groups in total. The lowest BCUT2D eigenvalue weighted by molar-refractivity contribution is -0.117. The quantitative estimate of drug-likeness (QED) is 0.268. The topological polar surface area (TPSA) is 95.8 Å². The molecule has 4 rings (SSSR count). The fourth-order valence-corrected chi connectivity index (χ4v) is 3.93. The lowest BCUT2D eigenvalue weighted by atomic mass is 9.94. The number of anilines is 3. The van der Waals surface area contributed by atoms with Gasteiger partial charge in [-0.05, 0) is 73.5 Å². The average Bonchev–Trinajstić information content (AvgIpc) is 3.16. The van der Waals surface area contributed by atoms with E-state index in [9.17, 15) is 4.79 Å². The van der Waals surface area contributed by atoms with Crippen molar-refractivity contribution in [2.75, 3.05) is 17.2 Å². The van der Waals surface area contributed by atoms with Crippen molar-refractivity contribution in [1.29, 1.82) is 0 Å². The van der Waals surface area contributed by atoms with Crippen LogP contribution in [0.3, 0.4) is 0 Å². The molecule has 32 heavy (non-hydrogen) atoms. The van der Waals surface area contributed by atoms with Gasteiger partial charge in [-0.15, -0.1) is 0 Å². The number of aromatic amines is 1. The Balaban J connectivity index is 1.58. The zero-order chi connectivity index (χ0) is 22.7. The Morgan fingerprint density at radius 1 is 1.06 bits per heavy atom. The second kappa shape index (κ2) is 9.61. The molecule has 1 unspecified atom stereocenters. The Kier molecular flexibility index (Phi) is 6.65. The highest BCUT2D eigenvalue weighted by Gasteiger charge is 2.21. The van der Waals surface area contributed by atoms with Crippen LogP contribution in [0.4, 0.5) is 17.2 Å². The molecule has 0 saturated carbocycles. The van der Waals surface area contributed by atoms with E-state index in [4.69, 9.17) is 28.9 Å². The Bertz CT molecular complexity index is 1270. The third-order valence-corrected chi connectivity index (χ3v) is 5.97. The number of H-pyrrole nitrogens is 1. The fraction of sp³-hybridized carbons (Fsp3) is 0.167. The van der Waals surface area contributed by atoms with Gasteiger partial charge < -0.3 is 16.4 Å². The number of aromatic nitrogens is 2. The van der Waals surface area contributed by atoms with E-state index in [2.05, 4.69) is 20.8 Å². The van der Waals surface area contributed by atoms with E-state index in [-0.39, 0.29) is 5.91 Å². The lowest BCUT2D eigenvalue weighted by Gasteiger charge is -2.17. The third-order valence-electron chi connectivity index (χ3n) is 5.23. The Morgan fingerprint density at radius 2 is 1.91 bits per heavy atom. The molecule has 1 atom stereocenters. The summed E-state index contributed by atoms with van der Waals surface area (Å²) in [6, 6.07) is 18.9. The van der Waals surface area contributed by atoms with Crippen LogP contribution in [0.5, 0.6) is 0 Å². The van der Waals surface area contributed by atoms with Gasteiger partial charge >= 0.3 is 0 Å². The Hall–Kier alpha value is -3.06. The first-order chi connectivity index (χ1) is 15.4. The summed E-state index contributed by atoms with van der Waals surface area (Å²) in [4.78, 5) is 13.1. The van der Waals surface area contributed by atoms with Crippen LogP contribution in [0.15, 0.2) is 60.7 Å². The number of carbonyl (C=O) groups excluding carboxylic acids is 1. The van der Waals surface area contributed by atoms with Crippen LogP contribution in [0.1, 0.15) is 23.5 Å².